The van der Waals surface area contributed by atoms with Crippen LogP contribution in [0.25, 0.3) is 0 Å². The molecule has 19 heavy (non-hydrogen) atoms. The van der Waals surface area contributed by atoms with Crippen LogP contribution in [-0.4, -0.2) is 14.0 Å². The van der Waals surface area contributed by atoms with Gasteiger partial charge in [-0.25, -0.2) is 13.1 Å². The van der Waals surface area contributed by atoms with E-state index in [1.54, 1.807) is 13.0 Å². The molecule has 1 aromatic carbocycles. The molecule has 0 aromatic heterocycles. The molecule has 0 aliphatic heterocycles. The first kappa shape index (κ1) is 16.6. The molecule has 0 radical (unpaired) electrons. The van der Waals surface area contributed by atoms with Crippen LogP contribution in [0.15, 0.2) is 21.5 Å². The van der Waals surface area contributed by atoms with Crippen LogP contribution in [-0.2, 0) is 16.6 Å². The monoisotopic (exact) mass is 348 g/mol. The molecular formula is C13H21BrN2O2S. The second-order valence-corrected chi connectivity index (χ2v) is 7.75. The zero-order valence-electron chi connectivity index (χ0n) is 11.7. The molecule has 1 aromatic rings. The summed E-state index contributed by atoms with van der Waals surface area (Å²) in [7, 11) is -3.55. The maximum absolute atomic E-state index is 12.5. The Morgan fingerprint density at radius 1 is 1.37 bits per heavy atom. The van der Waals surface area contributed by atoms with Crippen molar-refractivity contribution >= 4 is 26.0 Å². The molecule has 0 bridgehead atoms. The summed E-state index contributed by atoms with van der Waals surface area (Å²) in [5, 5.41) is 0. The fourth-order valence-electron chi connectivity index (χ4n) is 1.59. The van der Waals surface area contributed by atoms with E-state index in [0.29, 0.717) is 18.5 Å². The summed E-state index contributed by atoms with van der Waals surface area (Å²) in [6, 6.07) is 3.48. The van der Waals surface area contributed by atoms with E-state index in [2.05, 4.69) is 20.7 Å². The highest BCUT2D eigenvalue weighted by molar-refractivity contribution is 9.10. The van der Waals surface area contributed by atoms with Gasteiger partial charge in [0.1, 0.15) is 0 Å². The molecule has 0 fully saturated rings. The van der Waals surface area contributed by atoms with Crippen LogP contribution in [0.5, 0.6) is 0 Å². The lowest BCUT2D eigenvalue weighted by molar-refractivity contribution is 0.439. The molecule has 0 heterocycles. The third-order valence-electron chi connectivity index (χ3n) is 3.18. The van der Waals surface area contributed by atoms with Gasteiger partial charge in [0, 0.05) is 16.6 Å². The number of sulfonamides is 1. The lowest BCUT2D eigenvalue weighted by Crippen LogP contribution is -2.42. The minimum atomic E-state index is -3.55. The lowest BCUT2D eigenvalue weighted by atomic mass is 10.0. The second kappa shape index (κ2) is 5.91. The van der Waals surface area contributed by atoms with E-state index in [1.807, 2.05) is 26.8 Å². The van der Waals surface area contributed by atoms with Crippen LogP contribution in [0, 0.1) is 6.92 Å². The summed E-state index contributed by atoms with van der Waals surface area (Å²) in [6.07, 6.45) is 0.711. The highest BCUT2D eigenvalue weighted by Crippen LogP contribution is 2.26. The zero-order chi connectivity index (χ0) is 14.8. The Labute approximate surface area is 124 Å². The molecule has 0 saturated heterocycles. The average molecular weight is 349 g/mol. The summed E-state index contributed by atoms with van der Waals surface area (Å²) in [4.78, 5) is 0.281. The van der Waals surface area contributed by atoms with Gasteiger partial charge in [-0.3, -0.25) is 0 Å². The number of halogens is 1. The Morgan fingerprint density at radius 3 is 2.42 bits per heavy atom. The number of hydrogen-bond acceptors (Lipinski definition) is 3. The Hall–Kier alpha value is -0.430. The standard InChI is InChI=1S/C13H21BrN2O2S/c1-5-13(3,4)16-19(17,18)12-7-10(8-15)6-11(14)9(12)2/h6-7,16H,5,8,15H2,1-4H3. The smallest absolute Gasteiger partial charge is 0.241 e. The van der Waals surface area contributed by atoms with Crippen molar-refractivity contribution < 1.29 is 8.42 Å². The third-order valence-corrected chi connectivity index (χ3v) is 5.82. The molecule has 6 heteroatoms. The van der Waals surface area contributed by atoms with Crippen LogP contribution in [0.3, 0.4) is 0 Å². The Bertz CT molecular complexity index is 568. The molecule has 0 saturated carbocycles. The van der Waals surface area contributed by atoms with Crippen LogP contribution >= 0.6 is 15.9 Å². The molecule has 0 unspecified atom stereocenters. The van der Waals surface area contributed by atoms with Gasteiger partial charge in [0.25, 0.3) is 0 Å². The van der Waals surface area contributed by atoms with Crippen molar-refractivity contribution in [2.75, 3.05) is 0 Å². The van der Waals surface area contributed by atoms with Crippen molar-refractivity contribution in [1.82, 2.24) is 4.72 Å². The number of hydrogen-bond donors (Lipinski definition) is 2. The van der Waals surface area contributed by atoms with Crippen molar-refractivity contribution in [3.8, 4) is 0 Å². The first-order valence-corrected chi connectivity index (χ1v) is 8.43. The van der Waals surface area contributed by atoms with Crippen molar-refractivity contribution in [3.05, 3.63) is 27.7 Å². The van der Waals surface area contributed by atoms with Crippen LogP contribution in [0.4, 0.5) is 0 Å². The fraction of sp³-hybridized carbons (Fsp3) is 0.538. The van der Waals surface area contributed by atoms with Gasteiger partial charge in [0.2, 0.25) is 10.0 Å². The van der Waals surface area contributed by atoms with Crippen molar-refractivity contribution in [2.45, 2.75) is 51.1 Å². The highest BCUT2D eigenvalue weighted by atomic mass is 79.9. The largest absolute Gasteiger partial charge is 0.326 e. The van der Waals surface area contributed by atoms with Gasteiger partial charge in [-0.1, -0.05) is 22.9 Å². The normalized spacial score (nSPS) is 12.7. The molecule has 1 rings (SSSR count). The SMILES string of the molecule is CCC(C)(C)NS(=O)(=O)c1cc(CN)cc(Br)c1C. The first-order valence-electron chi connectivity index (χ1n) is 6.16. The van der Waals surface area contributed by atoms with E-state index in [0.717, 1.165) is 10.0 Å². The fourth-order valence-corrected chi connectivity index (χ4v) is 4.04. The van der Waals surface area contributed by atoms with Gasteiger partial charge in [-0.15, -0.1) is 0 Å². The Morgan fingerprint density at radius 2 is 1.95 bits per heavy atom. The molecule has 3 N–H and O–H groups in total. The van der Waals surface area contributed by atoms with Gasteiger partial charge < -0.3 is 5.73 Å². The molecular weight excluding hydrogens is 328 g/mol. The van der Waals surface area contributed by atoms with Gasteiger partial charge in [0.15, 0.2) is 0 Å². The predicted octanol–water partition coefficient (Wildman–Crippen LogP) is 2.68. The number of nitrogens with two attached hydrogens (primary N) is 1. The first-order chi connectivity index (χ1) is 8.63. The highest BCUT2D eigenvalue weighted by Gasteiger charge is 2.26. The summed E-state index contributed by atoms with van der Waals surface area (Å²) < 4.78 is 28.4. The maximum Gasteiger partial charge on any atom is 0.241 e. The quantitative estimate of drug-likeness (QED) is 0.859. The number of benzene rings is 1. The lowest BCUT2D eigenvalue weighted by Gasteiger charge is -2.25. The minimum absolute atomic E-state index is 0.281. The van der Waals surface area contributed by atoms with E-state index < -0.39 is 15.6 Å². The molecule has 0 aliphatic carbocycles. The summed E-state index contributed by atoms with van der Waals surface area (Å²) >= 11 is 3.38. The molecule has 4 nitrogen and oxygen atoms in total. The Kier molecular flexibility index (Phi) is 5.17. The zero-order valence-corrected chi connectivity index (χ0v) is 14.2. The van der Waals surface area contributed by atoms with E-state index >= 15 is 0 Å². The molecule has 0 atom stereocenters. The van der Waals surface area contributed by atoms with Gasteiger partial charge >= 0.3 is 0 Å². The molecule has 0 aliphatic rings. The minimum Gasteiger partial charge on any atom is -0.326 e. The van der Waals surface area contributed by atoms with Crippen molar-refractivity contribution in [2.24, 2.45) is 5.73 Å². The van der Waals surface area contributed by atoms with Crippen LogP contribution < -0.4 is 10.5 Å². The summed E-state index contributed by atoms with van der Waals surface area (Å²) in [5.41, 5.74) is 6.60. The molecule has 0 spiro atoms. The van der Waals surface area contributed by atoms with E-state index in [9.17, 15) is 8.42 Å². The van der Waals surface area contributed by atoms with Gasteiger partial charge in [0.05, 0.1) is 4.90 Å². The molecule has 108 valence electrons. The van der Waals surface area contributed by atoms with E-state index in [1.165, 1.54) is 0 Å². The van der Waals surface area contributed by atoms with E-state index in [-0.39, 0.29) is 4.90 Å². The van der Waals surface area contributed by atoms with Gasteiger partial charge in [-0.05, 0) is 50.5 Å². The molecule has 0 amide bonds. The van der Waals surface area contributed by atoms with Crippen LogP contribution in [0.2, 0.25) is 0 Å². The topological polar surface area (TPSA) is 72.2 Å². The number of rotatable bonds is 5. The van der Waals surface area contributed by atoms with Crippen LogP contribution in [0.1, 0.15) is 38.3 Å². The van der Waals surface area contributed by atoms with E-state index in [4.69, 9.17) is 5.73 Å². The Balaban J connectivity index is 3.33. The van der Waals surface area contributed by atoms with Crippen molar-refractivity contribution in [1.29, 1.82) is 0 Å². The van der Waals surface area contributed by atoms with Crippen molar-refractivity contribution in [3.63, 3.8) is 0 Å². The summed E-state index contributed by atoms with van der Waals surface area (Å²) in [5.74, 6) is 0. The average Bonchev–Trinajstić information content (AvgIpc) is 2.31. The third kappa shape index (κ3) is 4.02. The second-order valence-electron chi connectivity index (χ2n) is 5.25. The predicted molar refractivity (Wildman–Crippen MR) is 81.5 cm³/mol. The number of nitrogens with one attached hydrogen (secondary N) is 1. The van der Waals surface area contributed by atoms with Gasteiger partial charge in [-0.2, -0.15) is 0 Å². The summed E-state index contributed by atoms with van der Waals surface area (Å²) in [6.45, 7) is 7.75. The maximum atomic E-state index is 12.5.